The molecule has 2 aromatic rings. The molecule has 0 radical (unpaired) electrons. The molecule has 0 unspecified atom stereocenters. The molecule has 1 aliphatic rings. The zero-order chi connectivity index (χ0) is 13.9. The van der Waals surface area contributed by atoms with E-state index in [2.05, 4.69) is 10.2 Å². The maximum Gasteiger partial charge on any atom is 0.165 e. The zero-order valence-corrected chi connectivity index (χ0v) is 11.1. The summed E-state index contributed by atoms with van der Waals surface area (Å²) in [4.78, 5) is 2.18. The molecule has 1 saturated heterocycles. The fourth-order valence-electron chi connectivity index (χ4n) is 2.67. The minimum absolute atomic E-state index is 0.261. The molecule has 1 aromatic heterocycles. The topological polar surface area (TPSA) is 48.6 Å². The van der Waals surface area contributed by atoms with Gasteiger partial charge in [0.15, 0.2) is 11.6 Å². The summed E-state index contributed by atoms with van der Waals surface area (Å²) in [5.74, 6) is -0.186. The lowest BCUT2D eigenvalue weighted by Gasteiger charge is -2.34. The molecule has 4 nitrogen and oxygen atoms in total. The van der Waals surface area contributed by atoms with E-state index in [9.17, 15) is 9.50 Å². The van der Waals surface area contributed by atoms with Gasteiger partial charge in [-0.1, -0.05) is 12.1 Å². The number of phenolic OH excluding ortho intramolecular Hbond substituents is 1. The minimum atomic E-state index is -0.603. The van der Waals surface area contributed by atoms with Crippen LogP contribution in [0.15, 0.2) is 41.0 Å². The van der Waals surface area contributed by atoms with Gasteiger partial charge < -0.3 is 14.8 Å². The van der Waals surface area contributed by atoms with E-state index in [1.807, 2.05) is 6.07 Å². The highest BCUT2D eigenvalue weighted by atomic mass is 19.1. The van der Waals surface area contributed by atoms with Crippen molar-refractivity contribution in [1.29, 1.82) is 0 Å². The Labute approximate surface area is 116 Å². The van der Waals surface area contributed by atoms with Gasteiger partial charge in [0.1, 0.15) is 5.76 Å². The molecule has 3 rings (SSSR count). The van der Waals surface area contributed by atoms with Crippen LogP contribution in [-0.2, 0) is 0 Å². The first-order valence-corrected chi connectivity index (χ1v) is 6.73. The molecule has 0 aliphatic carbocycles. The van der Waals surface area contributed by atoms with Crippen LogP contribution in [0.2, 0.25) is 0 Å². The smallest absolute Gasteiger partial charge is 0.165 e. The van der Waals surface area contributed by atoms with Crippen LogP contribution in [0.5, 0.6) is 5.75 Å². The van der Waals surface area contributed by atoms with Crippen LogP contribution in [0.3, 0.4) is 0 Å². The summed E-state index contributed by atoms with van der Waals surface area (Å²) in [5, 5.41) is 13.3. The van der Waals surface area contributed by atoms with Crippen molar-refractivity contribution >= 4 is 0 Å². The fourth-order valence-corrected chi connectivity index (χ4v) is 2.67. The van der Waals surface area contributed by atoms with E-state index in [4.69, 9.17) is 4.42 Å². The van der Waals surface area contributed by atoms with Crippen molar-refractivity contribution in [2.24, 2.45) is 0 Å². The molecular weight excluding hydrogens is 259 g/mol. The highest BCUT2D eigenvalue weighted by Gasteiger charge is 2.28. The molecule has 20 heavy (non-hydrogen) atoms. The van der Waals surface area contributed by atoms with Crippen LogP contribution in [-0.4, -0.2) is 36.2 Å². The van der Waals surface area contributed by atoms with Crippen LogP contribution in [0, 0.1) is 5.82 Å². The maximum absolute atomic E-state index is 13.6. The molecule has 2 N–H and O–H groups in total. The standard InChI is InChI=1S/C15H17FN2O2/c16-12-4-1-3-11(15(12)19)14(13-5-2-10-20-13)18-8-6-17-7-9-18/h1-5,10,14,17,19H,6-9H2/t14-/m1/s1. The molecule has 2 heterocycles. The number of furan rings is 1. The summed E-state index contributed by atoms with van der Waals surface area (Å²) < 4.78 is 19.1. The summed E-state index contributed by atoms with van der Waals surface area (Å²) >= 11 is 0. The Bertz CT molecular complexity index is 565. The van der Waals surface area contributed by atoms with Crippen LogP contribution >= 0.6 is 0 Å². The van der Waals surface area contributed by atoms with Gasteiger partial charge in [0.05, 0.1) is 12.3 Å². The average molecular weight is 276 g/mol. The van der Waals surface area contributed by atoms with Crippen molar-refractivity contribution in [3.05, 3.63) is 53.7 Å². The van der Waals surface area contributed by atoms with Gasteiger partial charge in [-0.15, -0.1) is 0 Å². The number of benzene rings is 1. The number of halogens is 1. The Hall–Kier alpha value is -1.85. The van der Waals surface area contributed by atoms with Gasteiger partial charge in [-0.3, -0.25) is 4.90 Å². The first kappa shape index (κ1) is 13.1. The normalized spacial score (nSPS) is 18.1. The lowest BCUT2D eigenvalue weighted by atomic mass is 10.0. The van der Waals surface area contributed by atoms with Gasteiger partial charge in [-0.25, -0.2) is 4.39 Å². The summed E-state index contributed by atoms with van der Waals surface area (Å²) in [6.07, 6.45) is 1.60. The largest absolute Gasteiger partial charge is 0.505 e. The molecule has 1 atom stereocenters. The van der Waals surface area contributed by atoms with Gasteiger partial charge in [-0.05, 0) is 18.2 Å². The van der Waals surface area contributed by atoms with Crippen molar-refractivity contribution in [1.82, 2.24) is 10.2 Å². The van der Waals surface area contributed by atoms with Crippen molar-refractivity contribution in [3.63, 3.8) is 0 Å². The summed E-state index contributed by atoms with van der Waals surface area (Å²) in [5.41, 5.74) is 0.543. The van der Waals surface area contributed by atoms with Crippen LogP contribution < -0.4 is 5.32 Å². The number of aromatic hydroxyl groups is 1. The van der Waals surface area contributed by atoms with Gasteiger partial charge in [-0.2, -0.15) is 0 Å². The molecule has 0 amide bonds. The number of hydrogen-bond donors (Lipinski definition) is 2. The Morgan fingerprint density at radius 3 is 2.70 bits per heavy atom. The van der Waals surface area contributed by atoms with E-state index >= 15 is 0 Å². The number of rotatable bonds is 3. The second-order valence-electron chi connectivity index (χ2n) is 4.88. The third kappa shape index (κ3) is 2.42. The third-order valence-electron chi connectivity index (χ3n) is 3.64. The fraction of sp³-hybridized carbons (Fsp3) is 0.333. The Balaban J connectivity index is 2.03. The first-order valence-electron chi connectivity index (χ1n) is 6.73. The van der Waals surface area contributed by atoms with E-state index in [0.29, 0.717) is 11.3 Å². The SMILES string of the molecule is Oc1c(F)cccc1[C@H](c1ccco1)N1CCNCC1. The molecule has 0 spiro atoms. The van der Waals surface area contributed by atoms with Crippen LogP contribution in [0.4, 0.5) is 4.39 Å². The number of phenols is 1. The van der Waals surface area contributed by atoms with E-state index in [-0.39, 0.29) is 11.8 Å². The second-order valence-corrected chi connectivity index (χ2v) is 4.88. The van der Waals surface area contributed by atoms with Crippen LogP contribution in [0.25, 0.3) is 0 Å². The molecule has 106 valence electrons. The number of nitrogens with zero attached hydrogens (tertiary/aromatic N) is 1. The quantitative estimate of drug-likeness (QED) is 0.901. The van der Waals surface area contributed by atoms with Crippen molar-refractivity contribution in [2.45, 2.75) is 6.04 Å². The van der Waals surface area contributed by atoms with E-state index in [1.54, 1.807) is 24.5 Å². The van der Waals surface area contributed by atoms with Crippen molar-refractivity contribution in [3.8, 4) is 5.75 Å². The number of piperazine rings is 1. The first-order chi connectivity index (χ1) is 9.77. The molecular formula is C15H17FN2O2. The molecule has 1 fully saturated rings. The summed E-state index contributed by atoms with van der Waals surface area (Å²) in [6, 6.07) is 8.02. The molecule has 1 aliphatic heterocycles. The molecule has 5 heteroatoms. The van der Waals surface area contributed by atoms with Gasteiger partial charge in [0, 0.05) is 31.7 Å². The number of para-hydroxylation sites is 1. The summed E-state index contributed by atoms with van der Waals surface area (Å²) in [7, 11) is 0. The monoisotopic (exact) mass is 276 g/mol. The number of nitrogens with one attached hydrogen (secondary N) is 1. The van der Waals surface area contributed by atoms with E-state index in [0.717, 1.165) is 26.2 Å². The predicted octanol–water partition coefficient (Wildman–Crippen LogP) is 2.12. The van der Waals surface area contributed by atoms with Gasteiger partial charge in [0.25, 0.3) is 0 Å². The average Bonchev–Trinajstić information content (AvgIpc) is 2.99. The molecule has 0 saturated carbocycles. The van der Waals surface area contributed by atoms with Gasteiger partial charge in [0.2, 0.25) is 0 Å². The Kier molecular flexibility index (Phi) is 3.71. The van der Waals surface area contributed by atoms with Crippen molar-refractivity contribution in [2.75, 3.05) is 26.2 Å². The molecule has 1 aromatic carbocycles. The lowest BCUT2D eigenvalue weighted by Crippen LogP contribution is -2.45. The highest BCUT2D eigenvalue weighted by molar-refractivity contribution is 5.39. The minimum Gasteiger partial charge on any atom is -0.505 e. The Morgan fingerprint density at radius 1 is 1.20 bits per heavy atom. The maximum atomic E-state index is 13.6. The lowest BCUT2D eigenvalue weighted by molar-refractivity contribution is 0.177. The predicted molar refractivity (Wildman–Crippen MR) is 73.1 cm³/mol. The van der Waals surface area contributed by atoms with Crippen LogP contribution in [0.1, 0.15) is 17.4 Å². The van der Waals surface area contributed by atoms with E-state index < -0.39 is 5.82 Å². The second kappa shape index (κ2) is 5.64. The van der Waals surface area contributed by atoms with E-state index in [1.165, 1.54) is 6.07 Å². The molecule has 0 bridgehead atoms. The third-order valence-corrected chi connectivity index (χ3v) is 3.64. The van der Waals surface area contributed by atoms with Gasteiger partial charge >= 0.3 is 0 Å². The zero-order valence-electron chi connectivity index (χ0n) is 11.1. The Morgan fingerprint density at radius 2 is 2.00 bits per heavy atom. The number of hydrogen-bond acceptors (Lipinski definition) is 4. The van der Waals surface area contributed by atoms with Crippen molar-refractivity contribution < 1.29 is 13.9 Å². The highest BCUT2D eigenvalue weighted by Crippen LogP contribution is 2.35. The summed E-state index contributed by atoms with van der Waals surface area (Å²) in [6.45, 7) is 3.38.